The van der Waals surface area contributed by atoms with Crippen molar-refractivity contribution >= 4 is 5.96 Å². The monoisotopic (exact) mass is 379 g/mol. The topological polar surface area (TPSA) is 72.7 Å². The molecule has 1 fully saturated rings. The van der Waals surface area contributed by atoms with Crippen LogP contribution in [0.2, 0.25) is 0 Å². The molecule has 0 aromatic carbocycles. The molecule has 0 atom stereocenters. The van der Waals surface area contributed by atoms with Crippen molar-refractivity contribution in [3.8, 4) is 0 Å². The third-order valence-electron chi connectivity index (χ3n) is 4.70. The zero-order valence-electron chi connectivity index (χ0n) is 17.3. The molecule has 0 saturated carbocycles. The maximum absolute atomic E-state index is 5.81. The molecule has 2 N–H and O–H groups in total. The highest BCUT2D eigenvalue weighted by Gasteiger charge is 2.13. The fourth-order valence-electron chi connectivity index (χ4n) is 3.20. The van der Waals surface area contributed by atoms with Gasteiger partial charge in [0, 0.05) is 58.3 Å². The van der Waals surface area contributed by atoms with E-state index in [4.69, 9.17) is 9.47 Å². The number of aryl methyl sites for hydroxylation is 3. The molecule has 1 aliphatic rings. The summed E-state index contributed by atoms with van der Waals surface area (Å²) in [5, 5.41) is 11.2. The van der Waals surface area contributed by atoms with Crippen LogP contribution in [0.25, 0.3) is 0 Å². The Morgan fingerprint density at radius 2 is 2.11 bits per heavy atom. The van der Waals surface area contributed by atoms with Crippen LogP contribution >= 0.6 is 0 Å². The SMILES string of the molecule is CCNC(=NCCCn1nc(C)cc1C)NCCCOCC1CCOCC1. The van der Waals surface area contributed by atoms with Gasteiger partial charge in [0.1, 0.15) is 0 Å². The van der Waals surface area contributed by atoms with E-state index in [0.717, 1.165) is 89.9 Å². The molecule has 7 heteroatoms. The van der Waals surface area contributed by atoms with Crippen molar-refractivity contribution in [2.45, 2.75) is 53.0 Å². The van der Waals surface area contributed by atoms with Gasteiger partial charge >= 0.3 is 0 Å². The minimum atomic E-state index is 0.674. The van der Waals surface area contributed by atoms with Crippen LogP contribution in [0.5, 0.6) is 0 Å². The Bertz CT molecular complexity index is 553. The number of nitrogens with zero attached hydrogens (tertiary/aromatic N) is 3. The maximum atomic E-state index is 5.81. The van der Waals surface area contributed by atoms with Gasteiger partial charge in [0.2, 0.25) is 0 Å². The molecule has 7 nitrogen and oxygen atoms in total. The second-order valence-corrected chi connectivity index (χ2v) is 7.18. The van der Waals surface area contributed by atoms with Gasteiger partial charge in [0.05, 0.1) is 5.69 Å². The largest absolute Gasteiger partial charge is 0.381 e. The Morgan fingerprint density at radius 3 is 2.81 bits per heavy atom. The van der Waals surface area contributed by atoms with Crippen LogP contribution in [0.1, 0.15) is 44.0 Å². The second-order valence-electron chi connectivity index (χ2n) is 7.18. The van der Waals surface area contributed by atoms with Gasteiger partial charge < -0.3 is 20.1 Å². The molecule has 1 aromatic heterocycles. The van der Waals surface area contributed by atoms with Gasteiger partial charge in [0.15, 0.2) is 5.96 Å². The first-order valence-corrected chi connectivity index (χ1v) is 10.4. The smallest absolute Gasteiger partial charge is 0.191 e. The Kier molecular flexibility index (Phi) is 10.2. The number of rotatable bonds is 11. The van der Waals surface area contributed by atoms with Crippen LogP contribution < -0.4 is 10.6 Å². The van der Waals surface area contributed by atoms with Gasteiger partial charge in [-0.3, -0.25) is 9.67 Å². The van der Waals surface area contributed by atoms with Gasteiger partial charge in [-0.15, -0.1) is 0 Å². The molecule has 27 heavy (non-hydrogen) atoms. The third kappa shape index (κ3) is 8.75. The fraction of sp³-hybridized carbons (Fsp3) is 0.800. The van der Waals surface area contributed by atoms with Gasteiger partial charge in [-0.1, -0.05) is 0 Å². The molecular formula is C20H37N5O2. The van der Waals surface area contributed by atoms with Crippen LogP contribution in [0.4, 0.5) is 0 Å². The Labute approximate surface area is 163 Å². The van der Waals surface area contributed by atoms with E-state index in [1.807, 2.05) is 6.92 Å². The molecular weight excluding hydrogens is 342 g/mol. The first-order chi connectivity index (χ1) is 13.2. The maximum Gasteiger partial charge on any atom is 0.191 e. The van der Waals surface area contributed by atoms with Crippen molar-refractivity contribution in [2.75, 3.05) is 46.1 Å². The van der Waals surface area contributed by atoms with E-state index in [0.29, 0.717) is 5.92 Å². The van der Waals surface area contributed by atoms with Crippen molar-refractivity contribution in [1.29, 1.82) is 0 Å². The van der Waals surface area contributed by atoms with Crippen molar-refractivity contribution in [3.63, 3.8) is 0 Å². The summed E-state index contributed by atoms with van der Waals surface area (Å²) in [6, 6.07) is 2.11. The summed E-state index contributed by atoms with van der Waals surface area (Å²) in [6.07, 6.45) is 4.23. The molecule has 2 rings (SSSR count). The van der Waals surface area contributed by atoms with Crippen LogP contribution in [0, 0.1) is 19.8 Å². The number of aromatic nitrogens is 2. The average molecular weight is 380 g/mol. The van der Waals surface area contributed by atoms with Crippen molar-refractivity contribution in [3.05, 3.63) is 17.5 Å². The normalized spacial score (nSPS) is 15.9. The molecule has 1 aromatic rings. The lowest BCUT2D eigenvalue weighted by atomic mass is 10.0. The highest BCUT2D eigenvalue weighted by molar-refractivity contribution is 5.79. The van der Waals surface area contributed by atoms with E-state index in [2.05, 4.69) is 45.3 Å². The number of hydrogen-bond acceptors (Lipinski definition) is 4. The lowest BCUT2D eigenvalue weighted by Crippen LogP contribution is -2.38. The summed E-state index contributed by atoms with van der Waals surface area (Å²) >= 11 is 0. The van der Waals surface area contributed by atoms with E-state index in [-0.39, 0.29) is 0 Å². The number of hydrogen-bond donors (Lipinski definition) is 2. The van der Waals surface area contributed by atoms with E-state index < -0.39 is 0 Å². The molecule has 0 spiro atoms. The first kappa shape index (κ1) is 21.7. The highest BCUT2D eigenvalue weighted by atomic mass is 16.5. The van der Waals surface area contributed by atoms with Crippen LogP contribution in [0.15, 0.2) is 11.1 Å². The molecule has 2 heterocycles. The lowest BCUT2D eigenvalue weighted by molar-refractivity contribution is 0.0203. The molecule has 154 valence electrons. The van der Waals surface area contributed by atoms with E-state index in [1.165, 1.54) is 5.69 Å². The van der Waals surface area contributed by atoms with Crippen LogP contribution in [0.3, 0.4) is 0 Å². The number of guanidine groups is 1. The summed E-state index contributed by atoms with van der Waals surface area (Å²) in [5.41, 5.74) is 2.28. The van der Waals surface area contributed by atoms with Crippen molar-refractivity contribution < 1.29 is 9.47 Å². The van der Waals surface area contributed by atoms with E-state index in [1.54, 1.807) is 0 Å². The molecule has 0 aliphatic carbocycles. The van der Waals surface area contributed by atoms with Crippen LogP contribution in [-0.4, -0.2) is 61.8 Å². The third-order valence-corrected chi connectivity index (χ3v) is 4.70. The highest BCUT2D eigenvalue weighted by Crippen LogP contribution is 2.14. The molecule has 0 radical (unpaired) electrons. The molecule has 1 aliphatic heterocycles. The van der Waals surface area contributed by atoms with Crippen molar-refractivity contribution in [2.24, 2.45) is 10.9 Å². The Morgan fingerprint density at radius 1 is 1.30 bits per heavy atom. The minimum Gasteiger partial charge on any atom is -0.381 e. The predicted molar refractivity (Wildman–Crippen MR) is 109 cm³/mol. The van der Waals surface area contributed by atoms with Gasteiger partial charge in [-0.25, -0.2) is 0 Å². The first-order valence-electron chi connectivity index (χ1n) is 10.4. The molecule has 0 amide bonds. The molecule has 0 unspecified atom stereocenters. The predicted octanol–water partition coefficient (Wildman–Crippen LogP) is 2.28. The zero-order chi connectivity index (χ0) is 19.3. The molecule has 1 saturated heterocycles. The van der Waals surface area contributed by atoms with Crippen LogP contribution in [-0.2, 0) is 16.0 Å². The van der Waals surface area contributed by atoms with E-state index >= 15 is 0 Å². The number of aliphatic imine (C=N–C) groups is 1. The van der Waals surface area contributed by atoms with Crippen molar-refractivity contribution in [1.82, 2.24) is 20.4 Å². The summed E-state index contributed by atoms with van der Waals surface area (Å²) in [7, 11) is 0. The Balaban J connectivity index is 1.56. The zero-order valence-corrected chi connectivity index (χ0v) is 17.3. The van der Waals surface area contributed by atoms with Gasteiger partial charge in [-0.05, 0) is 58.4 Å². The minimum absolute atomic E-state index is 0.674. The van der Waals surface area contributed by atoms with Gasteiger partial charge in [0.25, 0.3) is 0 Å². The average Bonchev–Trinajstić information content (AvgIpc) is 2.99. The summed E-state index contributed by atoms with van der Waals surface area (Å²) in [5.74, 6) is 1.56. The van der Waals surface area contributed by atoms with Gasteiger partial charge in [-0.2, -0.15) is 5.10 Å². The number of ether oxygens (including phenoxy) is 2. The van der Waals surface area contributed by atoms with E-state index in [9.17, 15) is 0 Å². The molecule has 0 bridgehead atoms. The second kappa shape index (κ2) is 12.7. The standard InChI is InChI=1S/C20H37N5O2/c1-4-21-20(22-9-5-11-25-18(3)15-17(2)24-25)23-10-6-12-27-16-19-7-13-26-14-8-19/h15,19H,4-14,16H2,1-3H3,(H2,21,22,23). The fourth-order valence-corrected chi connectivity index (χ4v) is 3.20. The summed E-state index contributed by atoms with van der Waals surface area (Å²) < 4.78 is 13.2. The lowest BCUT2D eigenvalue weighted by Gasteiger charge is -2.21. The summed E-state index contributed by atoms with van der Waals surface area (Å²) in [6.45, 7) is 13.1. The Hall–Kier alpha value is -1.60. The summed E-state index contributed by atoms with van der Waals surface area (Å²) in [4.78, 5) is 4.65. The number of nitrogens with one attached hydrogen (secondary N) is 2. The quantitative estimate of drug-likeness (QED) is 0.351.